The second-order valence-electron chi connectivity index (χ2n) is 5.06. The molecule has 0 radical (unpaired) electrons. The lowest BCUT2D eigenvalue weighted by atomic mass is 10.2. The van der Waals surface area contributed by atoms with Crippen LogP contribution in [0.4, 0.5) is 15.8 Å². The standard InChI is InChI=1S/C15H14FN3O5S/c1-10-4-2-7-13(19(21)22)15(10)25(23,24)17-9-14(20)18-12-6-3-5-11(16)8-12/h2-8,17H,9H2,1H3,(H,18,20). The summed E-state index contributed by atoms with van der Waals surface area (Å²) in [4.78, 5) is 21.5. The Morgan fingerprint density at radius 1 is 1.24 bits per heavy atom. The first-order valence-corrected chi connectivity index (χ1v) is 8.48. The Morgan fingerprint density at radius 3 is 2.56 bits per heavy atom. The zero-order chi connectivity index (χ0) is 18.6. The minimum Gasteiger partial charge on any atom is -0.325 e. The molecule has 0 aliphatic carbocycles. The average molecular weight is 367 g/mol. The molecule has 0 saturated heterocycles. The predicted octanol–water partition coefficient (Wildman–Crippen LogP) is 1.96. The van der Waals surface area contributed by atoms with E-state index in [1.807, 2.05) is 4.72 Å². The molecule has 0 unspecified atom stereocenters. The molecule has 0 bridgehead atoms. The summed E-state index contributed by atoms with van der Waals surface area (Å²) in [5.74, 6) is -1.31. The van der Waals surface area contributed by atoms with Crippen molar-refractivity contribution >= 4 is 27.3 Å². The van der Waals surface area contributed by atoms with Gasteiger partial charge in [-0.15, -0.1) is 0 Å². The summed E-state index contributed by atoms with van der Waals surface area (Å²) in [6.07, 6.45) is 0. The number of nitrogens with one attached hydrogen (secondary N) is 2. The number of aryl methyl sites for hydroxylation is 1. The lowest BCUT2D eigenvalue weighted by Gasteiger charge is -2.10. The summed E-state index contributed by atoms with van der Waals surface area (Å²) in [7, 11) is -4.29. The maximum Gasteiger partial charge on any atom is 0.289 e. The highest BCUT2D eigenvalue weighted by Gasteiger charge is 2.28. The molecule has 2 N–H and O–H groups in total. The van der Waals surface area contributed by atoms with Crippen molar-refractivity contribution in [2.75, 3.05) is 11.9 Å². The van der Waals surface area contributed by atoms with E-state index in [0.29, 0.717) is 0 Å². The van der Waals surface area contributed by atoms with Gasteiger partial charge in [-0.1, -0.05) is 18.2 Å². The third kappa shape index (κ3) is 4.58. The summed E-state index contributed by atoms with van der Waals surface area (Å²) < 4.78 is 39.7. The van der Waals surface area contributed by atoms with Crippen LogP contribution in [0.2, 0.25) is 0 Å². The van der Waals surface area contributed by atoms with Crippen LogP contribution in [0, 0.1) is 22.9 Å². The number of benzene rings is 2. The van der Waals surface area contributed by atoms with Crippen molar-refractivity contribution in [3.05, 3.63) is 64.0 Å². The Kier molecular flexibility index (Phi) is 5.45. The Bertz CT molecular complexity index is 931. The molecular formula is C15H14FN3O5S. The first-order valence-electron chi connectivity index (χ1n) is 7.00. The van der Waals surface area contributed by atoms with Crippen LogP contribution in [0.3, 0.4) is 0 Å². The Balaban J connectivity index is 2.15. The van der Waals surface area contributed by atoms with Gasteiger partial charge in [-0.2, -0.15) is 0 Å². The first-order chi connectivity index (χ1) is 11.7. The van der Waals surface area contributed by atoms with E-state index in [1.165, 1.54) is 37.3 Å². The molecule has 0 fully saturated rings. The van der Waals surface area contributed by atoms with Crippen LogP contribution in [0.5, 0.6) is 0 Å². The van der Waals surface area contributed by atoms with E-state index in [2.05, 4.69) is 5.32 Å². The fourth-order valence-corrected chi connectivity index (χ4v) is 3.51. The van der Waals surface area contributed by atoms with Gasteiger partial charge in [-0.05, 0) is 30.7 Å². The van der Waals surface area contributed by atoms with Crippen LogP contribution in [0.1, 0.15) is 5.56 Å². The van der Waals surface area contributed by atoms with Crippen LogP contribution >= 0.6 is 0 Å². The topological polar surface area (TPSA) is 118 Å². The van der Waals surface area contributed by atoms with Crippen molar-refractivity contribution in [3.8, 4) is 0 Å². The molecule has 0 saturated carbocycles. The number of carbonyl (C=O) groups is 1. The fraction of sp³-hybridized carbons (Fsp3) is 0.133. The van der Waals surface area contributed by atoms with E-state index in [4.69, 9.17) is 0 Å². The van der Waals surface area contributed by atoms with E-state index in [-0.39, 0.29) is 11.3 Å². The van der Waals surface area contributed by atoms with E-state index < -0.39 is 43.8 Å². The van der Waals surface area contributed by atoms with Gasteiger partial charge in [-0.25, -0.2) is 17.5 Å². The van der Waals surface area contributed by atoms with E-state index in [0.717, 1.165) is 12.1 Å². The second kappa shape index (κ2) is 7.36. The molecule has 132 valence electrons. The van der Waals surface area contributed by atoms with Gasteiger partial charge in [0.2, 0.25) is 15.9 Å². The molecular weight excluding hydrogens is 353 g/mol. The maximum atomic E-state index is 13.1. The third-order valence-electron chi connectivity index (χ3n) is 3.19. The van der Waals surface area contributed by atoms with Crippen LogP contribution in [0.15, 0.2) is 47.4 Å². The highest BCUT2D eigenvalue weighted by Crippen LogP contribution is 2.26. The van der Waals surface area contributed by atoms with Crippen molar-refractivity contribution < 1.29 is 22.5 Å². The van der Waals surface area contributed by atoms with Gasteiger partial charge in [0.1, 0.15) is 5.82 Å². The molecule has 1 amide bonds. The molecule has 2 rings (SSSR count). The highest BCUT2D eigenvalue weighted by atomic mass is 32.2. The third-order valence-corrected chi connectivity index (χ3v) is 4.78. The molecule has 0 atom stereocenters. The largest absolute Gasteiger partial charge is 0.325 e. The minimum absolute atomic E-state index is 0.158. The summed E-state index contributed by atoms with van der Waals surface area (Å²) in [6.45, 7) is 0.749. The lowest BCUT2D eigenvalue weighted by Crippen LogP contribution is -2.33. The van der Waals surface area contributed by atoms with Gasteiger partial charge >= 0.3 is 0 Å². The second-order valence-corrected chi connectivity index (χ2v) is 6.77. The average Bonchev–Trinajstić information content (AvgIpc) is 2.52. The van der Waals surface area contributed by atoms with Gasteiger partial charge in [-0.3, -0.25) is 14.9 Å². The summed E-state index contributed by atoms with van der Waals surface area (Å²) >= 11 is 0. The smallest absolute Gasteiger partial charge is 0.289 e. The first kappa shape index (κ1) is 18.5. The van der Waals surface area contributed by atoms with Crippen LogP contribution in [-0.4, -0.2) is 25.8 Å². The Morgan fingerprint density at radius 2 is 1.92 bits per heavy atom. The van der Waals surface area contributed by atoms with Crippen molar-refractivity contribution in [2.24, 2.45) is 0 Å². The lowest BCUT2D eigenvalue weighted by molar-refractivity contribution is -0.387. The summed E-state index contributed by atoms with van der Waals surface area (Å²) in [5, 5.41) is 13.3. The number of hydrogen-bond acceptors (Lipinski definition) is 5. The maximum absolute atomic E-state index is 13.1. The number of nitro groups is 1. The van der Waals surface area contributed by atoms with Crippen molar-refractivity contribution in [2.45, 2.75) is 11.8 Å². The molecule has 0 aliphatic heterocycles. The van der Waals surface area contributed by atoms with Crippen molar-refractivity contribution in [1.82, 2.24) is 4.72 Å². The normalized spacial score (nSPS) is 11.1. The van der Waals surface area contributed by atoms with Crippen LogP contribution in [0.25, 0.3) is 0 Å². The van der Waals surface area contributed by atoms with E-state index in [1.54, 1.807) is 0 Å². The minimum atomic E-state index is -4.29. The van der Waals surface area contributed by atoms with Gasteiger partial charge in [0.25, 0.3) is 5.69 Å². The molecule has 0 aromatic heterocycles. The van der Waals surface area contributed by atoms with Crippen molar-refractivity contribution in [1.29, 1.82) is 0 Å². The van der Waals surface area contributed by atoms with E-state index >= 15 is 0 Å². The molecule has 8 nitrogen and oxygen atoms in total. The molecule has 2 aromatic rings. The number of nitro benzene ring substituents is 1. The number of carbonyl (C=O) groups excluding carboxylic acids is 1. The number of nitrogens with zero attached hydrogens (tertiary/aromatic N) is 1. The van der Waals surface area contributed by atoms with E-state index in [9.17, 15) is 27.7 Å². The number of amides is 1. The summed E-state index contributed by atoms with van der Waals surface area (Å²) in [6, 6.07) is 8.91. The highest BCUT2D eigenvalue weighted by molar-refractivity contribution is 7.89. The predicted molar refractivity (Wildman–Crippen MR) is 88.1 cm³/mol. The van der Waals surface area contributed by atoms with Gasteiger partial charge < -0.3 is 5.32 Å². The number of anilines is 1. The van der Waals surface area contributed by atoms with Gasteiger partial charge in [0.15, 0.2) is 4.90 Å². The molecule has 0 heterocycles. The quantitative estimate of drug-likeness (QED) is 0.598. The molecule has 0 spiro atoms. The molecule has 25 heavy (non-hydrogen) atoms. The van der Waals surface area contributed by atoms with Crippen LogP contribution in [-0.2, 0) is 14.8 Å². The molecule has 0 aliphatic rings. The number of rotatable bonds is 6. The number of hydrogen-bond donors (Lipinski definition) is 2. The summed E-state index contributed by atoms with van der Waals surface area (Å²) in [5.41, 5.74) is -0.253. The molecule has 2 aromatic carbocycles. The zero-order valence-corrected chi connectivity index (χ0v) is 13.8. The van der Waals surface area contributed by atoms with Gasteiger partial charge in [0.05, 0.1) is 11.5 Å². The Labute approximate surface area is 142 Å². The van der Waals surface area contributed by atoms with Crippen LogP contribution < -0.4 is 10.0 Å². The zero-order valence-electron chi connectivity index (χ0n) is 13.0. The SMILES string of the molecule is Cc1cccc([N+](=O)[O-])c1S(=O)(=O)NCC(=O)Nc1cccc(F)c1. The van der Waals surface area contributed by atoms with Gasteiger partial charge in [0, 0.05) is 11.8 Å². The monoisotopic (exact) mass is 367 g/mol. The van der Waals surface area contributed by atoms with Crippen molar-refractivity contribution in [3.63, 3.8) is 0 Å². The number of halogens is 1. The Hall–Kier alpha value is -2.85. The molecule has 10 heteroatoms. The number of sulfonamides is 1. The fourth-order valence-electron chi connectivity index (χ4n) is 2.13.